The maximum atomic E-state index is 12.3. The van der Waals surface area contributed by atoms with Gasteiger partial charge in [0, 0.05) is 12.8 Å². The molecule has 1 aliphatic heterocycles. The molecule has 3 aliphatic rings. The van der Waals surface area contributed by atoms with E-state index in [9.17, 15) is 14.7 Å². The first-order valence-electron chi connectivity index (χ1n) is 7.61. The van der Waals surface area contributed by atoms with Gasteiger partial charge < -0.3 is 5.11 Å². The number of amides is 2. The Balaban J connectivity index is 1.65. The van der Waals surface area contributed by atoms with Crippen molar-refractivity contribution in [1.29, 1.82) is 0 Å². The van der Waals surface area contributed by atoms with Gasteiger partial charge in [0.25, 0.3) is 0 Å². The summed E-state index contributed by atoms with van der Waals surface area (Å²) in [7, 11) is 0. The molecule has 2 saturated carbocycles. The molecule has 1 unspecified atom stereocenters. The molecule has 3 fully saturated rings. The van der Waals surface area contributed by atoms with Crippen LogP contribution in [0.15, 0.2) is 0 Å². The fraction of sp³-hybridized carbons (Fsp3) is 0.867. The molecule has 4 nitrogen and oxygen atoms in total. The number of piperidine rings is 1. The third-order valence-electron chi connectivity index (χ3n) is 5.10. The Kier molecular flexibility index (Phi) is 3.37. The van der Waals surface area contributed by atoms with Gasteiger partial charge in [-0.15, -0.1) is 0 Å². The number of nitrogens with zero attached hydrogens (tertiary/aromatic N) is 1. The van der Waals surface area contributed by atoms with E-state index in [2.05, 4.69) is 0 Å². The number of carbonyl (C=O) groups is 2. The minimum absolute atomic E-state index is 0.0482. The molecular formula is C15H23NO3. The minimum Gasteiger partial charge on any atom is -0.391 e. The Labute approximate surface area is 114 Å². The fourth-order valence-electron chi connectivity index (χ4n) is 3.71. The number of rotatable bonds is 3. The van der Waals surface area contributed by atoms with Crippen LogP contribution in [0.5, 0.6) is 0 Å². The molecule has 1 heterocycles. The Hall–Kier alpha value is -0.900. The number of likely N-dealkylation sites (tertiary alicyclic amines) is 1. The molecule has 1 atom stereocenters. The zero-order chi connectivity index (χ0) is 13.5. The summed E-state index contributed by atoms with van der Waals surface area (Å²) in [4.78, 5) is 25.8. The van der Waals surface area contributed by atoms with Crippen molar-refractivity contribution in [2.75, 3.05) is 6.54 Å². The minimum atomic E-state index is -0.506. The third kappa shape index (κ3) is 2.69. The SMILES string of the molecule is O=C1CC2(CCCCC2)CC(=O)N1CC(O)C1CC1. The Morgan fingerprint density at radius 1 is 1.11 bits per heavy atom. The molecule has 0 aromatic rings. The van der Waals surface area contributed by atoms with E-state index >= 15 is 0 Å². The van der Waals surface area contributed by atoms with Crippen LogP contribution in [-0.2, 0) is 9.59 Å². The summed E-state index contributed by atoms with van der Waals surface area (Å²) >= 11 is 0. The van der Waals surface area contributed by atoms with Crippen LogP contribution in [0, 0.1) is 11.3 Å². The summed E-state index contributed by atoms with van der Waals surface area (Å²) in [5, 5.41) is 9.93. The fourth-order valence-corrected chi connectivity index (χ4v) is 3.71. The number of aliphatic hydroxyl groups is 1. The first-order valence-corrected chi connectivity index (χ1v) is 7.61. The van der Waals surface area contributed by atoms with Gasteiger partial charge in [0.05, 0.1) is 12.6 Å². The second-order valence-electron chi connectivity index (χ2n) is 6.72. The van der Waals surface area contributed by atoms with E-state index in [1.165, 1.54) is 11.3 Å². The molecule has 106 valence electrons. The second-order valence-corrected chi connectivity index (χ2v) is 6.72. The van der Waals surface area contributed by atoms with Gasteiger partial charge in [0.2, 0.25) is 11.8 Å². The molecule has 0 aromatic heterocycles. The first kappa shape index (κ1) is 13.1. The van der Waals surface area contributed by atoms with Gasteiger partial charge >= 0.3 is 0 Å². The molecule has 0 radical (unpaired) electrons. The third-order valence-corrected chi connectivity index (χ3v) is 5.10. The maximum Gasteiger partial charge on any atom is 0.229 e. The van der Waals surface area contributed by atoms with E-state index in [-0.39, 0.29) is 23.8 Å². The van der Waals surface area contributed by atoms with Crippen molar-refractivity contribution in [3.63, 3.8) is 0 Å². The zero-order valence-corrected chi connectivity index (χ0v) is 11.4. The molecule has 0 aromatic carbocycles. The predicted molar refractivity (Wildman–Crippen MR) is 70.2 cm³/mol. The van der Waals surface area contributed by atoms with Crippen molar-refractivity contribution < 1.29 is 14.7 Å². The lowest BCUT2D eigenvalue weighted by Gasteiger charge is -2.42. The lowest BCUT2D eigenvalue weighted by Crippen LogP contribution is -2.51. The van der Waals surface area contributed by atoms with Crippen molar-refractivity contribution in [1.82, 2.24) is 4.90 Å². The molecular weight excluding hydrogens is 242 g/mol. The zero-order valence-electron chi connectivity index (χ0n) is 11.4. The summed E-state index contributed by atoms with van der Waals surface area (Å²) in [5.41, 5.74) is -0.0482. The number of hydrogen-bond acceptors (Lipinski definition) is 3. The predicted octanol–water partition coefficient (Wildman–Crippen LogP) is 1.86. The van der Waals surface area contributed by atoms with E-state index in [1.807, 2.05) is 0 Å². The molecule has 3 rings (SSSR count). The molecule has 1 N–H and O–H groups in total. The van der Waals surface area contributed by atoms with Crippen molar-refractivity contribution in [3.8, 4) is 0 Å². The molecule has 4 heteroatoms. The van der Waals surface area contributed by atoms with E-state index in [0.29, 0.717) is 18.8 Å². The van der Waals surface area contributed by atoms with Crippen molar-refractivity contribution in [3.05, 3.63) is 0 Å². The standard InChI is InChI=1S/C15H23NO3/c17-12(11-4-5-11)10-16-13(18)8-15(9-14(16)19)6-2-1-3-7-15/h11-12,17H,1-10H2. The van der Waals surface area contributed by atoms with Crippen molar-refractivity contribution >= 4 is 11.8 Å². The second kappa shape index (κ2) is 4.89. The van der Waals surface area contributed by atoms with Crippen LogP contribution < -0.4 is 0 Å². The van der Waals surface area contributed by atoms with Crippen LogP contribution in [0.1, 0.15) is 57.8 Å². The van der Waals surface area contributed by atoms with E-state index in [1.54, 1.807) is 0 Å². The van der Waals surface area contributed by atoms with E-state index in [4.69, 9.17) is 0 Å². The average molecular weight is 265 g/mol. The summed E-state index contributed by atoms with van der Waals surface area (Å²) < 4.78 is 0. The quantitative estimate of drug-likeness (QED) is 0.792. The van der Waals surface area contributed by atoms with Crippen LogP contribution in [-0.4, -0.2) is 34.5 Å². The Morgan fingerprint density at radius 3 is 2.21 bits per heavy atom. The number of hydrogen-bond donors (Lipinski definition) is 1. The topological polar surface area (TPSA) is 57.6 Å². The Bertz CT molecular complexity index is 363. The Morgan fingerprint density at radius 2 is 1.68 bits per heavy atom. The average Bonchev–Trinajstić information content (AvgIpc) is 3.19. The largest absolute Gasteiger partial charge is 0.391 e. The van der Waals surface area contributed by atoms with Crippen LogP contribution in [0.25, 0.3) is 0 Å². The van der Waals surface area contributed by atoms with Crippen LogP contribution >= 0.6 is 0 Å². The molecule has 2 aliphatic carbocycles. The summed E-state index contributed by atoms with van der Waals surface area (Å²) in [6.45, 7) is 0.221. The molecule has 1 saturated heterocycles. The summed E-state index contributed by atoms with van der Waals surface area (Å²) in [6.07, 6.45) is 8.13. The number of aliphatic hydroxyl groups excluding tert-OH is 1. The summed E-state index contributed by atoms with van der Waals surface area (Å²) in [5.74, 6) is 0.196. The number of β-amino-alcohol motifs (C(OH)–C–C–N with tert-alkyl or cyclic N) is 1. The first-order chi connectivity index (χ1) is 9.10. The van der Waals surface area contributed by atoms with Gasteiger partial charge in [-0.3, -0.25) is 14.5 Å². The van der Waals surface area contributed by atoms with E-state index in [0.717, 1.165) is 38.5 Å². The van der Waals surface area contributed by atoms with Crippen LogP contribution in [0.2, 0.25) is 0 Å². The van der Waals surface area contributed by atoms with Crippen molar-refractivity contribution in [2.24, 2.45) is 11.3 Å². The normalized spacial score (nSPS) is 28.8. The van der Waals surface area contributed by atoms with Gasteiger partial charge in [-0.1, -0.05) is 19.3 Å². The highest BCUT2D eigenvalue weighted by Crippen LogP contribution is 2.45. The van der Waals surface area contributed by atoms with Gasteiger partial charge in [-0.25, -0.2) is 0 Å². The maximum absolute atomic E-state index is 12.3. The smallest absolute Gasteiger partial charge is 0.229 e. The van der Waals surface area contributed by atoms with Gasteiger partial charge in [-0.2, -0.15) is 0 Å². The molecule has 0 bridgehead atoms. The van der Waals surface area contributed by atoms with Crippen LogP contribution in [0.3, 0.4) is 0 Å². The summed E-state index contributed by atoms with van der Waals surface area (Å²) in [6, 6.07) is 0. The highest BCUT2D eigenvalue weighted by Gasteiger charge is 2.45. The number of imide groups is 1. The molecule has 2 amide bonds. The van der Waals surface area contributed by atoms with Gasteiger partial charge in [0.15, 0.2) is 0 Å². The van der Waals surface area contributed by atoms with Gasteiger partial charge in [0.1, 0.15) is 0 Å². The highest BCUT2D eigenvalue weighted by molar-refractivity contribution is 5.98. The monoisotopic (exact) mass is 265 g/mol. The lowest BCUT2D eigenvalue weighted by molar-refractivity contribution is -0.156. The number of carbonyl (C=O) groups excluding carboxylic acids is 2. The van der Waals surface area contributed by atoms with Gasteiger partial charge in [-0.05, 0) is 37.0 Å². The van der Waals surface area contributed by atoms with Crippen molar-refractivity contribution in [2.45, 2.75) is 63.9 Å². The molecule has 19 heavy (non-hydrogen) atoms. The molecule has 1 spiro atoms. The lowest BCUT2D eigenvalue weighted by atomic mass is 9.67. The highest BCUT2D eigenvalue weighted by atomic mass is 16.3. The van der Waals surface area contributed by atoms with E-state index < -0.39 is 6.10 Å². The van der Waals surface area contributed by atoms with Crippen LogP contribution in [0.4, 0.5) is 0 Å².